The molecule has 5 heteroatoms. The quantitative estimate of drug-likeness (QED) is 0.871. The Labute approximate surface area is 116 Å². The summed E-state index contributed by atoms with van der Waals surface area (Å²) in [5.74, 6) is 0.899. The maximum absolute atomic E-state index is 11.5. The van der Waals surface area contributed by atoms with Crippen molar-refractivity contribution in [1.29, 1.82) is 0 Å². The number of rotatable bonds is 6. The smallest absolute Gasteiger partial charge is 0.223 e. The third-order valence-electron chi connectivity index (χ3n) is 2.74. The minimum atomic E-state index is 0.0880. The van der Waals surface area contributed by atoms with Gasteiger partial charge >= 0.3 is 0 Å². The van der Waals surface area contributed by atoms with Gasteiger partial charge in [0.1, 0.15) is 5.75 Å². The molecule has 1 aromatic rings. The second-order valence-electron chi connectivity index (χ2n) is 4.07. The lowest BCUT2D eigenvalue weighted by atomic mass is 10.1. The van der Waals surface area contributed by atoms with Crippen molar-refractivity contribution in [3.05, 3.63) is 28.2 Å². The zero-order chi connectivity index (χ0) is 13.5. The van der Waals surface area contributed by atoms with Crippen LogP contribution in [0.25, 0.3) is 0 Å². The lowest BCUT2D eigenvalue weighted by Crippen LogP contribution is -2.30. The van der Waals surface area contributed by atoms with Crippen molar-refractivity contribution in [3.8, 4) is 5.75 Å². The summed E-state index contributed by atoms with van der Waals surface area (Å²) in [4.78, 5) is 13.3. The first-order valence-corrected chi connectivity index (χ1v) is 6.64. The summed E-state index contributed by atoms with van der Waals surface area (Å²) in [5, 5.41) is 0. The van der Waals surface area contributed by atoms with E-state index in [2.05, 4.69) is 15.9 Å². The first-order chi connectivity index (χ1) is 8.58. The van der Waals surface area contributed by atoms with Gasteiger partial charge in [0.25, 0.3) is 0 Å². The summed E-state index contributed by atoms with van der Waals surface area (Å²) < 4.78 is 6.10. The molecule has 1 aromatic carbocycles. The predicted octanol–water partition coefficient (Wildman–Crippen LogP) is 1.81. The fourth-order valence-corrected chi connectivity index (χ4v) is 2.19. The van der Waals surface area contributed by atoms with E-state index in [1.807, 2.05) is 18.2 Å². The van der Waals surface area contributed by atoms with Gasteiger partial charge in [0.2, 0.25) is 5.91 Å². The summed E-state index contributed by atoms with van der Waals surface area (Å²) in [5.41, 5.74) is 6.52. The molecule has 0 fully saturated rings. The van der Waals surface area contributed by atoms with Crippen LogP contribution in [0.3, 0.4) is 0 Å². The van der Waals surface area contributed by atoms with E-state index in [1.165, 1.54) is 0 Å². The second-order valence-corrected chi connectivity index (χ2v) is 4.93. The molecule has 0 atom stereocenters. The maximum atomic E-state index is 11.5. The third-order valence-corrected chi connectivity index (χ3v) is 3.36. The molecular formula is C13H19BrN2O2. The molecule has 0 aliphatic carbocycles. The van der Waals surface area contributed by atoms with Crippen LogP contribution in [-0.4, -0.2) is 38.1 Å². The van der Waals surface area contributed by atoms with Crippen molar-refractivity contribution in [2.75, 3.05) is 27.2 Å². The molecule has 1 rings (SSSR count). The normalized spacial score (nSPS) is 10.2. The molecule has 1 amide bonds. The predicted molar refractivity (Wildman–Crippen MR) is 75.7 cm³/mol. The van der Waals surface area contributed by atoms with Crippen LogP contribution in [0.15, 0.2) is 22.7 Å². The number of carbonyl (C=O) groups is 1. The zero-order valence-corrected chi connectivity index (χ0v) is 12.4. The summed E-state index contributed by atoms with van der Waals surface area (Å²) in [6, 6.07) is 5.94. The number of ether oxygens (including phenoxy) is 1. The highest BCUT2D eigenvalue weighted by atomic mass is 79.9. The van der Waals surface area contributed by atoms with E-state index >= 15 is 0 Å². The van der Waals surface area contributed by atoms with Crippen molar-refractivity contribution >= 4 is 21.8 Å². The van der Waals surface area contributed by atoms with Gasteiger partial charge in [-0.25, -0.2) is 0 Å². The van der Waals surface area contributed by atoms with Crippen molar-refractivity contribution in [1.82, 2.24) is 4.90 Å². The molecule has 0 saturated carbocycles. The number of hydrogen-bond acceptors (Lipinski definition) is 3. The van der Waals surface area contributed by atoms with Gasteiger partial charge in [0.05, 0.1) is 11.6 Å². The van der Waals surface area contributed by atoms with Gasteiger partial charge in [0, 0.05) is 26.6 Å². The number of nitrogens with zero attached hydrogens (tertiary/aromatic N) is 1. The van der Waals surface area contributed by atoms with Crippen molar-refractivity contribution in [2.24, 2.45) is 5.73 Å². The summed E-state index contributed by atoms with van der Waals surface area (Å²) in [6.07, 6.45) is 1.22. The lowest BCUT2D eigenvalue weighted by Gasteiger charge is -2.17. The van der Waals surface area contributed by atoms with Crippen LogP contribution < -0.4 is 10.5 Å². The van der Waals surface area contributed by atoms with Gasteiger partial charge in [-0.05, 0) is 40.0 Å². The Bertz CT molecular complexity index is 410. The fourth-order valence-electron chi connectivity index (χ4n) is 1.60. The van der Waals surface area contributed by atoms with Crippen LogP contribution in [0, 0.1) is 0 Å². The molecule has 0 aliphatic heterocycles. The van der Waals surface area contributed by atoms with Crippen LogP contribution in [0.1, 0.15) is 12.0 Å². The Hall–Kier alpha value is -1.07. The summed E-state index contributed by atoms with van der Waals surface area (Å²) in [6.45, 7) is 1.09. The molecule has 0 heterocycles. The number of halogens is 1. The number of nitrogens with two attached hydrogens (primary N) is 1. The average Bonchev–Trinajstić information content (AvgIpc) is 2.36. The number of amides is 1. The molecule has 100 valence electrons. The monoisotopic (exact) mass is 314 g/mol. The molecule has 0 radical (unpaired) electrons. The zero-order valence-electron chi connectivity index (χ0n) is 10.8. The topological polar surface area (TPSA) is 55.6 Å². The largest absolute Gasteiger partial charge is 0.496 e. The molecule has 0 aliphatic rings. The Morgan fingerprint density at radius 2 is 2.22 bits per heavy atom. The van der Waals surface area contributed by atoms with E-state index in [9.17, 15) is 4.79 Å². The van der Waals surface area contributed by atoms with Crippen LogP contribution in [0.5, 0.6) is 5.75 Å². The first kappa shape index (κ1) is 15.0. The highest BCUT2D eigenvalue weighted by molar-refractivity contribution is 9.10. The van der Waals surface area contributed by atoms with Gasteiger partial charge in [-0.3, -0.25) is 4.79 Å². The van der Waals surface area contributed by atoms with Crippen molar-refractivity contribution < 1.29 is 9.53 Å². The van der Waals surface area contributed by atoms with Crippen molar-refractivity contribution in [2.45, 2.75) is 12.8 Å². The van der Waals surface area contributed by atoms with Crippen molar-refractivity contribution in [3.63, 3.8) is 0 Å². The highest BCUT2D eigenvalue weighted by Crippen LogP contribution is 2.25. The van der Waals surface area contributed by atoms with Crippen LogP contribution in [0.4, 0.5) is 0 Å². The fraction of sp³-hybridized carbons (Fsp3) is 0.462. The van der Waals surface area contributed by atoms with E-state index in [1.54, 1.807) is 19.1 Å². The molecule has 0 unspecified atom stereocenters. The number of likely N-dealkylation sites (N-methyl/N-ethyl adjacent to an activating group) is 1. The summed E-state index contributed by atoms with van der Waals surface area (Å²) >= 11 is 3.45. The van der Waals surface area contributed by atoms with Gasteiger partial charge in [0.15, 0.2) is 0 Å². The van der Waals surface area contributed by atoms with Gasteiger partial charge in [-0.2, -0.15) is 0 Å². The highest BCUT2D eigenvalue weighted by Gasteiger charge is 2.08. The SMILES string of the molecule is COc1ccc(CCN(C)C(=O)CCN)cc1Br. The molecule has 4 nitrogen and oxygen atoms in total. The molecule has 0 saturated heterocycles. The van der Waals surface area contributed by atoms with Crippen LogP contribution in [0.2, 0.25) is 0 Å². The first-order valence-electron chi connectivity index (χ1n) is 5.85. The molecule has 0 spiro atoms. The number of benzene rings is 1. The van der Waals surface area contributed by atoms with E-state index in [0.717, 1.165) is 22.2 Å². The molecule has 2 N–H and O–H groups in total. The van der Waals surface area contributed by atoms with Gasteiger partial charge < -0.3 is 15.4 Å². The minimum absolute atomic E-state index is 0.0880. The van der Waals surface area contributed by atoms with Gasteiger partial charge in [-0.1, -0.05) is 6.07 Å². The van der Waals surface area contributed by atoms with E-state index in [0.29, 0.717) is 19.5 Å². The molecular weight excluding hydrogens is 296 g/mol. The lowest BCUT2D eigenvalue weighted by molar-refractivity contribution is -0.129. The van der Waals surface area contributed by atoms with Gasteiger partial charge in [-0.15, -0.1) is 0 Å². The minimum Gasteiger partial charge on any atom is -0.496 e. The summed E-state index contributed by atoms with van der Waals surface area (Å²) in [7, 11) is 3.44. The third kappa shape index (κ3) is 4.31. The number of hydrogen-bond donors (Lipinski definition) is 1. The second kappa shape index (κ2) is 7.38. The van der Waals surface area contributed by atoms with Crippen LogP contribution in [-0.2, 0) is 11.2 Å². The Morgan fingerprint density at radius 3 is 2.78 bits per heavy atom. The average molecular weight is 315 g/mol. The Kier molecular flexibility index (Phi) is 6.15. The molecule has 0 aromatic heterocycles. The van der Waals surface area contributed by atoms with E-state index in [4.69, 9.17) is 10.5 Å². The molecule has 18 heavy (non-hydrogen) atoms. The molecule has 0 bridgehead atoms. The van der Waals surface area contributed by atoms with E-state index < -0.39 is 0 Å². The Morgan fingerprint density at radius 1 is 1.50 bits per heavy atom. The Balaban J connectivity index is 2.53. The van der Waals surface area contributed by atoms with E-state index in [-0.39, 0.29) is 5.91 Å². The number of methoxy groups -OCH3 is 1. The standard InChI is InChI=1S/C13H19BrN2O2/c1-16(13(17)5-7-15)8-6-10-3-4-12(18-2)11(14)9-10/h3-4,9H,5-8,15H2,1-2H3. The van der Waals surface area contributed by atoms with Crippen LogP contribution >= 0.6 is 15.9 Å². The number of carbonyl (C=O) groups excluding carboxylic acids is 1. The maximum Gasteiger partial charge on any atom is 0.223 e.